The van der Waals surface area contributed by atoms with Crippen LogP contribution in [0, 0.1) is 5.92 Å². The van der Waals surface area contributed by atoms with E-state index in [9.17, 15) is 4.79 Å². The van der Waals surface area contributed by atoms with Crippen molar-refractivity contribution < 1.29 is 14.3 Å². The van der Waals surface area contributed by atoms with Gasteiger partial charge in [-0.15, -0.1) is 0 Å². The van der Waals surface area contributed by atoms with E-state index in [1.54, 1.807) is 0 Å². The maximum atomic E-state index is 11.9. The van der Waals surface area contributed by atoms with Crippen LogP contribution in [0.4, 0.5) is 0 Å². The number of carbonyl (C=O) groups excluding carboxylic acids is 1. The van der Waals surface area contributed by atoms with Crippen LogP contribution in [0.5, 0.6) is 11.5 Å². The third kappa shape index (κ3) is 3.90. The molecule has 0 aliphatic carbocycles. The summed E-state index contributed by atoms with van der Waals surface area (Å²) in [6.45, 7) is 10.3. The lowest BCUT2D eigenvalue weighted by atomic mass is 10.0. The molecular weight excluding hydrogens is 266 g/mol. The highest BCUT2D eigenvalue weighted by atomic mass is 16.5. The number of para-hydroxylation sites is 1. The number of amides is 1. The molecular formula is C17H25NO3. The van der Waals surface area contributed by atoms with Gasteiger partial charge < -0.3 is 14.8 Å². The smallest absolute Gasteiger partial charge is 0.258 e. The van der Waals surface area contributed by atoms with Gasteiger partial charge in [0.2, 0.25) is 0 Å². The fourth-order valence-corrected chi connectivity index (χ4v) is 2.31. The summed E-state index contributed by atoms with van der Waals surface area (Å²) in [5.41, 5.74) is 0.921. The highest BCUT2D eigenvalue weighted by Gasteiger charge is 2.32. The normalized spacial score (nSPS) is 17.0. The van der Waals surface area contributed by atoms with Gasteiger partial charge in [-0.2, -0.15) is 0 Å². The van der Waals surface area contributed by atoms with E-state index in [2.05, 4.69) is 19.2 Å². The van der Waals surface area contributed by atoms with Crippen LogP contribution in [0.25, 0.3) is 0 Å². The third-order valence-electron chi connectivity index (χ3n) is 3.80. The van der Waals surface area contributed by atoms with Gasteiger partial charge >= 0.3 is 0 Å². The molecule has 4 nitrogen and oxygen atoms in total. The fraction of sp³-hybridized carbons (Fsp3) is 0.588. The molecule has 2 rings (SSSR count). The molecule has 0 saturated heterocycles. The monoisotopic (exact) mass is 291 g/mol. The first-order valence-electron chi connectivity index (χ1n) is 7.51. The zero-order valence-electron chi connectivity index (χ0n) is 13.5. The Bertz CT molecular complexity index is 523. The maximum Gasteiger partial charge on any atom is 0.258 e. The molecule has 0 fully saturated rings. The molecule has 1 heterocycles. The molecule has 1 aromatic carbocycles. The third-order valence-corrected chi connectivity index (χ3v) is 3.80. The molecule has 1 N–H and O–H groups in total. The van der Waals surface area contributed by atoms with Gasteiger partial charge in [0.05, 0.1) is 0 Å². The Kier molecular flexibility index (Phi) is 4.45. The lowest BCUT2D eigenvalue weighted by Crippen LogP contribution is -2.39. The molecule has 1 aromatic rings. The lowest BCUT2D eigenvalue weighted by Gasteiger charge is -2.19. The summed E-state index contributed by atoms with van der Waals surface area (Å²) in [6, 6.07) is 5.96. The van der Waals surface area contributed by atoms with E-state index in [1.807, 2.05) is 39.0 Å². The van der Waals surface area contributed by atoms with Crippen LogP contribution in [0.1, 0.15) is 40.2 Å². The second-order valence-electron chi connectivity index (χ2n) is 6.67. The molecule has 0 radical (unpaired) electrons. The van der Waals surface area contributed by atoms with E-state index in [-0.39, 0.29) is 24.2 Å². The van der Waals surface area contributed by atoms with E-state index in [0.717, 1.165) is 17.7 Å². The Morgan fingerprint density at radius 1 is 1.38 bits per heavy atom. The standard InChI is InChI=1S/C17H25NO3/c1-11(2)12(3)18-15(19)10-20-14-8-6-7-13-9-17(4,5)21-16(13)14/h6-8,11-12H,9-10H2,1-5H3,(H,18,19). The molecule has 0 spiro atoms. The zero-order chi connectivity index (χ0) is 15.6. The van der Waals surface area contributed by atoms with Crippen molar-refractivity contribution in [1.82, 2.24) is 5.32 Å². The van der Waals surface area contributed by atoms with E-state index < -0.39 is 0 Å². The van der Waals surface area contributed by atoms with Crippen molar-refractivity contribution in [2.75, 3.05) is 6.61 Å². The van der Waals surface area contributed by atoms with Crippen molar-refractivity contribution in [1.29, 1.82) is 0 Å². The SMILES string of the molecule is CC(C)C(C)NC(=O)COc1cccc2c1OC(C)(C)C2. The van der Waals surface area contributed by atoms with Crippen molar-refractivity contribution in [3.8, 4) is 11.5 Å². The summed E-state index contributed by atoms with van der Waals surface area (Å²) in [5.74, 6) is 1.71. The van der Waals surface area contributed by atoms with Gasteiger partial charge in [0.25, 0.3) is 5.91 Å². The zero-order valence-corrected chi connectivity index (χ0v) is 13.5. The van der Waals surface area contributed by atoms with Gasteiger partial charge in [0.15, 0.2) is 18.1 Å². The van der Waals surface area contributed by atoms with Crippen LogP contribution in [0.3, 0.4) is 0 Å². The number of fused-ring (bicyclic) bond motifs is 1. The van der Waals surface area contributed by atoms with Crippen molar-refractivity contribution >= 4 is 5.91 Å². The van der Waals surface area contributed by atoms with Crippen LogP contribution in [-0.2, 0) is 11.2 Å². The predicted octanol–water partition coefficient (Wildman–Crippen LogP) is 2.94. The highest BCUT2D eigenvalue weighted by Crippen LogP contribution is 2.41. The van der Waals surface area contributed by atoms with E-state index in [0.29, 0.717) is 11.7 Å². The van der Waals surface area contributed by atoms with Gasteiger partial charge in [0.1, 0.15) is 5.60 Å². The molecule has 21 heavy (non-hydrogen) atoms. The van der Waals surface area contributed by atoms with Crippen LogP contribution in [0.15, 0.2) is 18.2 Å². The summed E-state index contributed by atoms with van der Waals surface area (Å²) in [7, 11) is 0. The second kappa shape index (κ2) is 5.96. The Hall–Kier alpha value is -1.71. The first-order chi connectivity index (χ1) is 9.78. The summed E-state index contributed by atoms with van der Waals surface area (Å²) in [4.78, 5) is 11.9. The number of carbonyl (C=O) groups is 1. The van der Waals surface area contributed by atoms with Crippen LogP contribution in [-0.4, -0.2) is 24.2 Å². The van der Waals surface area contributed by atoms with Gasteiger partial charge in [-0.1, -0.05) is 26.0 Å². The summed E-state index contributed by atoms with van der Waals surface area (Å²) in [6.07, 6.45) is 0.857. The van der Waals surface area contributed by atoms with Gasteiger partial charge in [-0.25, -0.2) is 0 Å². The summed E-state index contributed by atoms with van der Waals surface area (Å²) in [5, 5.41) is 2.93. The Balaban J connectivity index is 1.97. The van der Waals surface area contributed by atoms with Crippen LogP contribution in [0.2, 0.25) is 0 Å². The lowest BCUT2D eigenvalue weighted by molar-refractivity contribution is -0.124. The first kappa shape index (κ1) is 15.7. The van der Waals surface area contributed by atoms with E-state index in [1.165, 1.54) is 0 Å². The Labute approximate surface area is 126 Å². The largest absolute Gasteiger partial charge is 0.483 e. The number of hydrogen-bond acceptors (Lipinski definition) is 3. The second-order valence-corrected chi connectivity index (χ2v) is 6.67. The van der Waals surface area contributed by atoms with Gasteiger partial charge in [-0.3, -0.25) is 4.79 Å². The fourth-order valence-electron chi connectivity index (χ4n) is 2.31. The minimum absolute atomic E-state index is 0.0112. The number of benzene rings is 1. The average molecular weight is 291 g/mol. The minimum Gasteiger partial charge on any atom is -0.483 e. The summed E-state index contributed by atoms with van der Waals surface area (Å²) < 4.78 is 11.6. The number of rotatable bonds is 5. The van der Waals surface area contributed by atoms with Crippen LogP contribution >= 0.6 is 0 Å². The Morgan fingerprint density at radius 2 is 2.10 bits per heavy atom. The number of nitrogens with one attached hydrogen (secondary N) is 1. The molecule has 1 aliphatic rings. The molecule has 0 aromatic heterocycles. The topological polar surface area (TPSA) is 47.6 Å². The minimum atomic E-state index is -0.212. The molecule has 1 aliphatic heterocycles. The van der Waals surface area contributed by atoms with Crippen molar-refractivity contribution in [2.24, 2.45) is 5.92 Å². The number of ether oxygens (including phenoxy) is 2. The Morgan fingerprint density at radius 3 is 2.76 bits per heavy atom. The quantitative estimate of drug-likeness (QED) is 0.907. The molecule has 0 saturated carbocycles. The maximum absolute atomic E-state index is 11.9. The molecule has 4 heteroatoms. The number of hydrogen-bond donors (Lipinski definition) is 1. The molecule has 1 amide bonds. The first-order valence-corrected chi connectivity index (χ1v) is 7.51. The molecule has 0 bridgehead atoms. The van der Waals surface area contributed by atoms with Crippen LogP contribution < -0.4 is 14.8 Å². The summed E-state index contributed by atoms with van der Waals surface area (Å²) >= 11 is 0. The van der Waals surface area contributed by atoms with E-state index >= 15 is 0 Å². The average Bonchev–Trinajstić information content (AvgIpc) is 2.70. The van der Waals surface area contributed by atoms with E-state index in [4.69, 9.17) is 9.47 Å². The molecule has 1 unspecified atom stereocenters. The van der Waals surface area contributed by atoms with Crippen molar-refractivity contribution in [2.45, 2.75) is 52.7 Å². The van der Waals surface area contributed by atoms with Crippen molar-refractivity contribution in [3.05, 3.63) is 23.8 Å². The van der Waals surface area contributed by atoms with Gasteiger partial charge in [-0.05, 0) is 32.8 Å². The molecule has 1 atom stereocenters. The predicted molar refractivity (Wildman–Crippen MR) is 82.8 cm³/mol. The van der Waals surface area contributed by atoms with Crippen molar-refractivity contribution in [3.63, 3.8) is 0 Å². The highest BCUT2D eigenvalue weighted by molar-refractivity contribution is 5.78. The molecule has 116 valence electrons. The van der Waals surface area contributed by atoms with Gasteiger partial charge in [0, 0.05) is 18.0 Å².